The average molecular weight is 243 g/mol. The lowest BCUT2D eigenvalue weighted by atomic mass is 10.1. The zero-order valence-electron chi connectivity index (χ0n) is 9.73. The first kappa shape index (κ1) is 10.8. The van der Waals surface area contributed by atoms with Crippen molar-refractivity contribution in [3.8, 4) is 0 Å². The minimum absolute atomic E-state index is 0.0962. The van der Waals surface area contributed by atoms with Crippen LogP contribution in [0.2, 0.25) is 0 Å². The van der Waals surface area contributed by atoms with Crippen LogP contribution in [-0.4, -0.2) is 27.6 Å². The van der Waals surface area contributed by atoms with Crippen molar-refractivity contribution in [2.75, 3.05) is 11.9 Å². The van der Waals surface area contributed by atoms with Crippen LogP contribution in [0.3, 0.4) is 0 Å². The van der Waals surface area contributed by atoms with E-state index in [0.717, 1.165) is 18.7 Å². The van der Waals surface area contributed by atoms with Crippen molar-refractivity contribution in [2.24, 2.45) is 0 Å². The number of anilines is 1. The molecular weight excluding hydrogens is 230 g/mol. The summed E-state index contributed by atoms with van der Waals surface area (Å²) < 4.78 is 0. The molecule has 1 aliphatic heterocycles. The predicted molar refractivity (Wildman–Crippen MR) is 66.2 cm³/mol. The molecule has 2 aromatic rings. The number of H-pyrrole nitrogens is 1. The van der Waals surface area contributed by atoms with E-state index in [0.29, 0.717) is 17.9 Å². The number of fused-ring (bicyclic) bond motifs is 1. The van der Waals surface area contributed by atoms with E-state index in [9.17, 15) is 4.79 Å². The highest BCUT2D eigenvalue weighted by Gasteiger charge is 2.13. The van der Waals surface area contributed by atoms with Gasteiger partial charge >= 0.3 is 0 Å². The SMILES string of the molecule is O=C(NCc1ncn[nH]1)c1ccc2c(c1)CCN2. The molecule has 0 radical (unpaired) electrons. The van der Waals surface area contributed by atoms with Crippen LogP contribution in [0.5, 0.6) is 0 Å². The van der Waals surface area contributed by atoms with Crippen LogP contribution < -0.4 is 10.6 Å². The van der Waals surface area contributed by atoms with Crippen molar-refractivity contribution in [2.45, 2.75) is 13.0 Å². The van der Waals surface area contributed by atoms with Gasteiger partial charge in [0.1, 0.15) is 12.2 Å². The Kier molecular flexibility index (Phi) is 2.68. The number of aromatic nitrogens is 3. The Morgan fingerprint density at radius 3 is 3.22 bits per heavy atom. The van der Waals surface area contributed by atoms with Crippen LogP contribution in [0.4, 0.5) is 5.69 Å². The molecular formula is C12H13N5O. The van der Waals surface area contributed by atoms with Gasteiger partial charge in [0.2, 0.25) is 0 Å². The monoisotopic (exact) mass is 243 g/mol. The van der Waals surface area contributed by atoms with Gasteiger partial charge in [-0.3, -0.25) is 9.89 Å². The number of carbonyl (C=O) groups is 1. The number of carbonyl (C=O) groups excluding carboxylic acids is 1. The lowest BCUT2D eigenvalue weighted by molar-refractivity contribution is 0.0950. The zero-order valence-corrected chi connectivity index (χ0v) is 9.73. The first-order valence-corrected chi connectivity index (χ1v) is 5.82. The molecule has 0 fully saturated rings. The minimum Gasteiger partial charge on any atom is -0.384 e. The molecule has 1 aromatic heterocycles. The summed E-state index contributed by atoms with van der Waals surface area (Å²) in [5, 5.41) is 12.5. The van der Waals surface area contributed by atoms with Gasteiger partial charge in [0.15, 0.2) is 0 Å². The summed E-state index contributed by atoms with van der Waals surface area (Å²) in [5.74, 6) is 0.548. The molecule has 0 saturated heterocycles. The third kappa shape index (κ3) is 2.04. The number of rotatable bonds is 3. The number of benzene rings is 1. The predicted octanol–water partition coefficient (Wildman–Crippen LogP) is 0.703. The maximum atomic E-state index is 11.9. The van der Waals surface area contributed by atoms with Crippen molar-refractivity contribution in [1.29, 1.82) is 0 Å². The summed E-state index contributed by atoms with van der Waals surface area (Å²) in [4.78, 5) is 15.9. The molecule has 92 valence electrons. The number of nitrogens with one attached hydrogen (secondary N) is 3. The Morgan fingerprint density at radius 1 is 1.44 bits per heavy atom. The Bertz CT molecular complexity index is 564. The standard InChI is InChI=1S/C12H13N5O/c18-12(14-6-11-15-7-16-17-11)9-1-2-10-8(5-9)3-4-13-10/h1-2,5,7,13H,3-4,6H2,(H,14,18)(H,15,16,17). The van der Waals surface area contributed by atoms with Crippen molar-refractivity contribution >= 4 is 11.6 Å². The quantitative estimate of drug-likeness (QED) is 0.741. The van der Waals surface area contributed by atoms with Gasteiger partial charge in [-0.2, -0.15) is 5.10 Å². The Hall–Kier alpha value is -2.37. The van der Waals surface area contributed by atoms with Crippen molar-refractivity contribution in [3.63, 3.8) is 0 Å². The summed E-state index contributed by atoms with van der Waals surface area (Å²) in [7, 11) is 0. The van der Waals surface area contributed by atoms with Crippen LogP contribution in [0.25, 0.3) is 0 Å². The first-order chi connectivity index (χ1) is 8.83. The molecule has 0 spiro atoms. The maximum Gasteiger partial charge on any atom is 0.251 e. The highest BCUT2D eigenvalue weighted by Crippen LogP contribution is 2.22. The molecule has 2 heterocycles. The molecule has 3 N–H and O–H groups in total. The van der Waals surface area contributed by atoms with Crippen LogP contribution in [-0.2, 0) is 13.0 Å². The van der Waals surface area contributed by atoms with Gasteiger partial charge in [0.25, 0.3) is 5.91 Å². The first-order valence-electron chi connectivity index (χ1n) is 5.82. The topological polar surface area (TPSA) is 82.7 Å². The summed E-state index contributed by atoms with van der Waals surface area (Å²) in [6.45, 7) is 1.30. The molecule has 18 heavy (non-hydrogen) atoms. The fourth-order valence-corrected chi connectivity index (χ4v) is 2.03. The van der Waals surface area contributed by atoms with Gasteiger partial charge < -0.3 is 10.6 Å². The number of aromatic amines is 1. The summed E-state index contributed by atoms with van der Waals surface area (Å²) >= 11 is 0. The lowest BCUT2D eigenvalue weighted by Gasteiger charge is -2.05. The third-order valence-electron chi connectivity index (χ3n) is 2.96. The Labute approximate surface area is 104 Å². The molecule has 0 saturated carbocycles. The molecule has 1 aliphatic rings. The summed E-state index contributed by atoms with van der Waals surface area (Å²) in [5.41, 5.74) is 3.00. The molecule has 0 unspecified atom stereocenters. The van der Waals surface area contributed by atoms with Gasteiger partial charge in [0.05, 0.1) is 6.54 Å². The van der Waals surface area contributed by atoms with E-state index in [2.05, 4.69) is 25.8 Å². The van der Waals surface area contributed by atoms with E-state index in [1.54, 1.807) is 0 Å². The number of hydrogen-bond acceptors (Lipinski definition) is 4. The smallest absolute Gasteiger partial charge is 0.251 e. The van der Waals surface area contributed by atoms with E-state index in [4.69, 9.17) is 0 Å². The fourth-order valence-electron chi connectivity index (χ4n) is 2.03. The highest BCUT2D eigenvalue weighted by atomic mass is 16.1. The molecule has 6 heteroatoms. The third-order valence-corrected chi connectivity index (χ3v) is 2.96. The molecule has 0 bridgehead atoms. The highest BCUT2D eigenvalue weighted by molar-refractivity contribution is 5.94. The average Bonchev–Trinajstić information content (AvgIpc) is 3.05. The van der Waals surface area contributed by atoms with Crippen molar-refractivity contribution in [1.82, 2.24) is 20.5 Å². The van der Waals surface area contributed by atoms with Crippen LogP contribution in [0, 0.1) is 0 Å². The van der Waals surface area contributed by atoms with E-state index < -0.39 is 0 Å². The van der Waals surface area contributed by atoms with E-state index in [-0.39, 0.29) is 5.91 Å². The molecule has 1 amide bonds. The van der Waals surface area contributed by atoms with Crippen LogP contribution >= 0.6 is 0 Å². The van der Waals surface area contributed by atoms with Gasteiger partial charge in [-0.05, 0) is 30.2 Å². The molecule has 0 aliphatic carbocycles. The second-order valence-corrected chi connectivity index (χ2v) is 4.16. The molecule has 3 rings (SSSR count). The normalized spacial score (nSPS) is 12.9. The van der Waals surface area contributed by atoms with Gasteiger partial charge in [-0.15, -0.1) is 0 Å². The minimum atomic E-state index is -0.0962. The Balaban J connectivity index is 1.69. The number of nitrogens with zero attached hydrogens (tertiary/aromatic N) is 2. The Morgan fingerprint density at radius 2 is 2.39 bits per heavy atom. The van der Waals surface area contributed by atoms with Gasteiger partial charge in [0, 0.05) is 17.8 Å². The fraction of sp³-hybridized carbons (Fsp3) is 0.250. The number of hydrogen-bond donors (Lipinski definition) is 3. The van der Waals surface area contributed by atoms with Gasteiger partial charge in [-0.1, -0.05) is 0 Å². The van der Waals surface area contributed by atoms with Crippen molar-refractivity contribution in [3.05, 3.63) is 41.5 Å². The van der Waals surface area contributed by atoms with Crippen LogP contribution in [0.1, 0.15) is 21.7 Å². The second-order valence-electron chi connectivity index (χ2n) is 4.16. The lowest BCUT2D eigenvalue weighted by Crippen LogP contribution is -2.23. The van der Waals surface area contributed by atoms with Crippen molar-refractivity contribution < 1.29 is 4.79 Å². The summed E-state index contributed by atoms with van der Waals surface area (Å²) in [6, 6.07) is 5.71. The molecule has 6 nitrogen and oxygen atoms in total. The van der Waals surface area contributed by atoms with E-state index in [1.807, 2.05) is 18.2 Å². The van der Waals surface area contributed by atoms with Crippen LogP contribution in [0.15, 0.2) is 24.5 Å². The maximum absolute atomic E-state index is 11.9. The van der Waals surface area contributed by atoms with E-state index in [1.165, 1.54) is 11.9 Å². The molecule has 0 atom stereocenters. The van der Waals surface area contributed by atoms with Gasteiger partial charge in [-0.25, -0.2) is 4.98 Å². The second kappa shape index (κ2) is 4.48. The zero-order chi connectivity index (χ0) is 12.4. The summed E-state index contributed by atoms with van der Waals surface area (Å²) in [6.07, 6.45) is 2.39. The number of amides is 1. The van der Waals surface area contributed by atoms with E-state index >= 15 is 0 Å². The molecule has 1 aromatic carbocycles. The largest absolute Gasteiger partial charge is 0.384 e.